The Morgan fingerprint density at radius 3 is 2.46 bits per heavy atom. The van der Waals surface area contributed by atoms with Crippen LogP contribution in [0.1, 0.15) is 5.56 Å². The number of rotatable bonds is 6. The van der Waals surface area contributed by atoms with Crippen LogP contribution in [0.4, 0.5) is 0 Å². The number of benzene rings is 3. The molecule has 5 aromatic rings. The Bertz CT molecular complexity index is 1670. The average Bonchev–Trinajstić information content (AvgIpc) is 3.37. The van der Waals surface area contributed by atoms with Crippen molar-refractivity contribution in [1.82, 2.24) is 15.0 Å². The second-order valence-electron chi connectivity index (χ2n) is 7.67. The van der Waals surface area contributed by atoms with Crippen LogP contribution >= 0.6 is 0 Å². The van der Waals surface area contributed by atoms with Crippen molar-refractivity contribution in [2.24, 2.45) is 5.10 Å². The highest BCUT2D eigenvalue weighted by molar-refractivity contribution is 7.89. The van der Waals surface area contributed by atoms with Gasteiger partial charge in [-0.1, -0.05) is 41.1 Å². The molecule has 0 aliphatic heterocycles. The first-order valence-electron chi connectivity index (χ1n) is 10.6. The third kappa shape index (κ3) is 4.64. The maximum Gasteiger partial charge on any atom is 0.276 e. The summed E-state index contributed by atoms with van der Waals surface area (Å²) in [6, 6.07) is 22.6. The highest BCUT2D eigenvalue weighted by Gasteiger charge is 2.17. The van der Waals surface area contributed by atoms with Gasteiger partial charge in [-0.2, -0.15) is 18.2 Å². The van der Waals surface area contributed by atoms with Crippen molar-refractivity contribution >= 4 is 21.0 Å². The molecule has 0 amide bonds. The summed E-state index contributed by atoms with van der Waals surface area (Å²) in [4.78, 5) is 6.78. The average molecular weight is 489 g/mol. The predicted molar refractivity (Wildman–Crippen MR) is 129 cm³/mol. The molecule has 0 atom stereocenters. The van der Waals surface area contributed by atoms with Crippen LogP contribution in [0.5, 0.6) is 5.75 Å². The molecule has 0 radical (unpaired) electrons. The molecule has 10 heteroatoms. The molecule has 0 aliphatic rings. The number of hydrogen-bond acceptors (Lipinski definition) is 8. The lowest BCUT2D eigenvalue weighted by atomic mass is 10.2. The topological polar surface area (TPSA) is 120 Å². The summed E-state index contributed by atoms with van der Waals surface area (Å²) < 4.78 is 42.1. The van der Waals surface area contributed by atoms with Crippen LogP contribution in [-0.4, -0.2) is 25.7 Å². The zero-order valence-electron chi connectivity index (χ0n) is 18.8. The Balaban J connectivity index is 1.58. The Kier molecular flexibility index (Phi) is 5.79. The van der Waals surface area contributed by atoms with Gasteiger partial charge in [0.05, 0.1) is 12.0 Å². The molecule has 0 saturated heterocycles. The van der Waals surface area contributed by atoms with E-state index in [1.165, 1.54) is 12.1 Å². The van der Waals surface area contributed by atoms with Crippen molar-refractivity contribution in [3.8, 4) is 28.6 Å². The molecule has 2 aromatic heterocycles. The van der Waals surface area contributed by atoms with Gasteiger partial charge in [-0.25, -0.2) is 0 Å². The van der Waals surface area contributed by atoms with Gasteiger partial charge in [0.1, 0.15) is 16.9 Å². The summed E-state index contributed by atoms with van der Waals surface area (Å²) in [6.07, 6.45) is 0. The number of ether oxygens (including phenoxy) is 1. The van der Waals surface area contributed by atoms with E-state index >= 15 is 0 Å². The van der Waals surface area contributed by atoms with E-state index in [2.05, 4.69) is 20.1 Å². The van der Waals surface area contributed by atoms with Crippen molar-refractivity contribution in [1.29, 1.82) is 0 Å². The standard InChI is InChI=1S/C25H20N4O5S/c1-16-7-13-20(14-8-16)35(30,31)29-27-25-21(15-18-5-3-4-6-22(18)33-25)24-26-23(28-34-24)17-9-11-19(32-2)12-10-17/h3-15,29H,1-2H3/b27-25-. The number of aryl methyl sites for hydroxylation is 1. The summed E-state index contributed by atoms with van der Waals surface area (Å²) >= 11 is 0. The van der Waals surface area contributed by atoms with Gasteiger partial charge in [0, 0.05) is 10.9 Å². The molecule has 1 N–H and O–H groups in total. The van der Waals surface area contributed by atoms with Gasteiger partial charge in [-0.3, -0.25) is 0 Å². The number of hydrogen-bond donors (Lipinski definition) is 1. The van der Waals surface area contributed by atoms with Crippen molar-refractivity contribution in [2.45, 2.75) is 11.8 Å². The molecule has 0 saturated carbocycles. The molecule has 176 valence electrons. The van der Waals surface area contributed by atoms with Crippen LogP contribution in [0.15, 0.2) is 97.8 Å². The third-order valence-corrected chi connectivity index (χ3v) is 6.48. The lowest BCUT2D eigenvalue weighted by Gasteiger charge is -2.05. The van der Waals surface area contributed by atoms with Crippen LogP contribution < -0.4 is 15.1 Å². The SMILES string of the molecule is COc1ccc(-c2noc(-c3cc4ccccc4o/c3=N\NS(=O)(=O)c3ccc(C)cc3)n2)cc1. The summed E-state index contributed by atoms with van der Waals surface area (Å²) in [5.74, 6) is 1.17. The van der Waals surface area contributed by atoms with Gasteiger partial charge in [-0.15, -0.1) is 5.10 Å². The van der Waals surface area contributed by atoms with Gasteiger partial charge < -0.3 is 13.7 Å². The normalized spacial score (nSPS) is 12.1. The molecule has 0 aliphatic carbocycles. The second kappa shape index (κ2) is 9.07. The number of sulfonamides is 1. The van der Waals surface area contributed by atoms with E-state index in [-0.39, 0.29) is 16.3 Å². The van der Waals surface area contributed by atoms with Gasteiger partial charge >= 0.3 is 0 Å². The Hall–Kier alpha value is -4.44. The van der Waals surface area contributed by atoms with E-state index in [9.17, 15) is 8.42 Å². The molecule has 0 fully saturated rings. The van der Waals surface area contributed by atoms with Crippen molar-refractivity contribution < 1.29 is 22.1 Å². The van der Waals surface area contributed by atoms with Crippen molar-refractivity contribution in [3.63, 3.8) is 0 Å². The quantitative estimate of drug-likeness (QED) is 0.355. The van der Waals surface area contributed by atoms with Gasteiger partial charge in [0.25, 0.3) is 15.9 Å². The smallest absolute Gasteiger partial charge is 0.276 e. The molecule has 3 aromatic carbocycles. The summed E-state index contributed by atoms with van der Waals surface area (Å²) in [7, 11) is -2.34. The minimum absolute atomic E-state index is 0.0238. The summed E-state index contributed by atoms with van der Waals surface area (Å²) in [6.45, 7) is 1.87. The zero-order valence-corrected chi connectivity index (χ0v) is 19.6. The maximum absolute atomic E-state index is 12.8. The maximum atomic E-state index is 12.8. The fraction of sp³-hybridized carbons (Fsp3) is 0.0800. The highest BCUT2D eigenvalue weighted by Crippen LogP contribution is 2.24. The van der Waals surface area contributed by atoms with Crippen molar-refractivity contribution in [2.75, 3.05) is 7.11 Å². The molecule has 2 heterocycles. The summed E-state index contributed by atoms with van der Waals surface area (Å²) in [5.41, 5.74) is 2.49. The van der Waals surface area contributed by atoms with Crippen LogP contribution in [0.25, 0.3) is 33.8 Å². The number of fused-ring (bicyclic) bond motifs is 1. The Morgan fingerprint density at radius 2 is 1.71 bits per heavy atom. The van der Waals surface area contributed by atoms with Gasteiger partial charge in [-0.05, 0) is 55.5 Å². The van der Waals surface area contributed by atoms with Crippen molar-refractivity contribution in [3.05, 3.63) is 90.0 Å². The largest absolute Gasteiger partial charge is 0.497 e. The fourth-order valence-corrected chi connectivity index (χ4v) is 4.17. The number of methoxy groups -OCH3 is 1. The molecular weight excluding hydrogens is 468 g/mol. The first-order valence-corrected chi connectivity index (χ1v) is 12.0. The first-order chi connectivity index (χ1) is 16.9. The van der Waals surface area contributed by atoms with Crippen LogP contribution in [-0.2, 0) is 10.0 Å². The lowest BCUT2D eigenvalue weighted by molar-refractivity contribution is 0.414. The molecule has 0 spiro atoms. The summed E-state index contributed by atoms with van der Waals surface area (Å²) in [5, 5.41) is 8.87. The minimum atomic E-state index is -3.93. The zero-order chi connectivity index (χ0) is 24.4. The van der Waals surface area contributed by atoms with Gasteiger partial charge in [0.2, 0.25) is 11.4 Å². The highest BCUT2D eigenvalue weighted by atomic mass is 32.2. The number of aromatic nitrogens is 2. The number of nitrogens with one attached hydrogen (secondary N) is 1. The lowest BCUT2D eigenvalue weighted by Crippen LogP contribution is -2.22. The van der Waals surface area contributed by atoms with Gasteiger partial charge in [0.15, 0.2) is 0 Å². The van der Waals surface area contributed by atoms with Crippen LogP contribution in [0.2, 0.25) is 0 Å². The fourth-order valence-electron chi connectivity index (χ4n) is 3.37. The first kappa shape index (κ1) is 22.4. The van der Waals surface area contributed by atoms with Crippen LogP contribution in [0, 0.1) is 6.92 Å². The Labute approximate surface area is 200 Å². The predicted octanol–water partition coefficient (Wildman–Crippen LogP) is 4.26. The van der Waals surface area contributed by atoms with E-state index in [4.69, 9.17) is 13.7 Å². The molecule has 9 nitrogen and oxygen atoms in total. The molecule has 0 unspecified atom stereocenters. The number of nitrogens with zero attached hydrogens (tertiary/aromatic N) is 3. The Morgan fingerprint density at radius 1 is 0.971 bits per heavy atom. The third-order valence-electron chi connectivity index (χ3n) is 5.26. The van der Waals surface area contributed by atoms with E-state index in [0.29, 0.717) is 22.7 Å². The van der Waals surface area contributed by atoms with E-state index in [1.54, 1.807) is 61.7 Å². The number of para-hydroxylation sites is 1. The van der Waals surface area contributed by atoms with E-state index in [0.717, 1.165) is 16.5 Å². The van der Waals surface area contributed by atoms with E-state index < -0.39 is 10.0 Å². The second-order valence-corrected chi connectivity index (χ2v) is 9.34. The molecule has 0 bridgehead atoms. The molecule has 5 rings (SSSR count). The minimum Gasteiger partial charge on any atom is -0.497 e. The van der Waals surface area contributed by atoms with Crippen LogP contribution in [0.3, 0.4) is 0 Å². The van der Waals surface area contributed by atoms with E-state index in [1.807, 2.05) is 19.1 Å². The molecular formula is C25H20N4O5S. The molecule has 35 heavy (non-hydrogen) atoms. The monoisotopic (exact) mass is 488 g/mol.